The first kappa shape index (κ1) is 15.3. The van der Waals surface area contributed by atoms with Crippen LogP contribution in [-0.4, -0.2) is 11.6 Å². The third-order valence-electron chi connectivity index (χ3n) is 5.64. The van der Waals surface area contributed by atoms with E-state index >= 15 is 0 Å². The van der Waals surface area contributed by atoms with E-state index in [-0.39, 0.29) is 17.5 Å². The van der Waals surface area contributed by atoms with Crippen molar-refractivity contribution in [3.05, 3.63) is 87.6 Å². The number of Topliss-reactive ketones (excluding diaryl/α,β-unsaturated/α-hetero) is 2. The van der Waals surface area contributed by atoms with Crippen LogP contribution < -0.4 is 5.32 Å². The molecule has 3 heteroatoms. The van der Waals surface area contributed by atoms with Gasteiger partial charge in [0.25, 0.3) is 0 Å². The van der Waals surface area contributed by atoms with Crippen LogP contribution in [0, 0.1) is 6.92 Å². The van der Waals surface area contributed by atoms with E-state index in [2.05, 4.69) is 11.4 Å². The van der Waals surface area contributed by atoms with Crippen LogP contribution in [0.5, 0.6) is 0 Å². The summed E-state index contributed by atoms with van der Waals surface area (Å²) in [5.74, 6) is -0.0612. The standard InChI is InChI=1S/C23H19NO2/c1-13-6-4-7-14(12-13)19-20-17(10-5-11-18(20)25)24-22-15-8-2-3-9-16(15)23(26)21(19)22/h2-4,6-9,12,19,24H,5,10-11H2,1H3. The molecule has 1 atom stereocenters. The number of ketones is 2. The van der Waals surface area contributed by atoms with Crippen molar-refractivity contribution in [3.8, 4) is 0 Å². The number of hydrogen-bond acceptors (Lipinski definition) is 3. The summed E-state index contributed by atoms with van der Waals surface area (Å²) >= 11 is 0. The van der Waals surface area contributed by atoms with E-state index in [0.29, 0.717) is 6.42 Å². The van der Waals surface area contributed by atoms with Gasteiger partial charge in [-0.05, 0) is 25.3 Å². The zero-order valence-corrected chi connectivity index (χ0v) is 14.6. The van der Waals surface area contributed by atoms with Crippen LogP contribution in [0.3, 0.4) is 0 Å². The molecular weight excluding hydrogens is 322 g/mol. The molecule has 3 nitrogen and oxygen atoms in total. The molecule has 0 aromatic heterocycles. The minimum Gasteiger partial charge on any atom is -0.358 e. The summed E-state index contributed by atoms with van der Waals surface area (Å²) in [5.41, 5.74) is 7.26. The smallest absolute Gasteiger partial charge is 0.192 e. The number of hydrogen-bond donors (Lipinski definition) is 1. The zero-order valence-electron chi connectivity index (χ0n) is 14.6. The van der Waals surface area contributed by atoms with E-state index in [0.717, 1.165) is 57.6 Å². The van der Waals surface area contributed by atoms with Gasteiger partial charge in [0.15, 0.2) is 11.6 Å². The molecule has 2 aliphatic carbocycles. The molecule has 0 saturated heterocycles. The van der Waals surface area contributed by atoms with E-state index in [1.165, 1.54) is 0 Å². The van der Waals surface area contributed by atoms with Gasteiger partial charge in [-0.3, -0.25) is 9.59 Å². The monoisotopic (exact) mass is 341 g/mol. The van der Waals surface area contributed by atoms with E-state index in [4.69, 9.17) is 0 Å². The lowest BCUT2D eigenvalue weighted by Crippen LogP contribution is -2.31. The van der Waals surface area contributed by atoms with Gasteiger partial charge < -0.3 is 5.32 Å². The maximum Gasteiger partial charge on any atom is 0.192 e. The Balaban J connectivity index is 1.77. The summed E-state index contributed by atoms with van der Waals surface area (Å²) in [7, 11) is 0. The zero-order chi connectivity index (χ0) is 17.8. The molecule has 1 unspecified atom stereocenters. The molecule has 0 saturated carbocycles. The van der Waals surface area contributed by atoms with E-state index in [9.17, 15) is 9.59 Å². The minimum atomic E-state index is -0.270. The Morgan fingerprint density at radius 3 is 2.54 bits per heavy atom. The molecule has 3 aliphatic rings. The molecule has 1 heterocycles. The summed E-state index contributed by atoms with van der Waals surface area (Å²) in [5, 5.41) is 3.47. The maximum absolute atomic E-state index is 13.2. The van der Waals surface area contributed by atoms with E-state index in [1.54, 1.807) is 0 Å². The first-order chi connectivity index (χ1) is 12.6. The van der Waals surface area contributed by atoms with Crippen molar-refractivity contribution in [3.63, 3.8) is 0 Å². The number of carbonyl (C=O) groups is 2. The topological polar surface area (TPSA) is 46.2 Å². The van der Waals surface area contributed by atoms with Crippen LogP contribution >= 0.6 is 0 Å². The summed E-state index contributed by atoms with van der Waals surface area (Å²) in [4.78, 5) is 26.1. The van der Waals surface area contributed by atoms with Crippen LogP contribution in [0.15, 0.2) is 65.4 Å². The summed E-state index contributed by atoms with van der Waals surface area (Å²) in [6.45, 7) is 2.04. The van der Waals surface area contributed by atoms with Gasteiger partial charge in [-0.1, -0.05) is 54.1 Å². The average molecular weight is 341 g/mol. The highest BCUT2D eigenvalue weighted by molar-refractivity contribution is 6.23. The van der Waals surface area contributed by atoms with Crippen molar-refractivity contribution in [2.24, 2.45) is 0 Å². The highest BCUT2D eigenvalue weighted by atomic mass is 16.1. The van der Waals surface area contributed by atoms with E-state index < -0.39 is 0 Å². The molecule has 0 amide bonds. The van der Waals surface area contributed by atoms with Crippen molar-refractivity contribution in [2.45, 2.75) is 32.1 Å². The molecule has 0 radical (unpaired) electrons. The molecule has 2 aromatic rings. The fourth-order valence-corrected chi connectivity index (χ4v) is 4.52. The van der Waals surface area contributed by atoms with Crippen LogP contribution in [0.1, 0.15) is 52.2 Å². The lowest BCUT2D eigenvalue weighted by molar-refractivity contribution is -0.116. The van der Waals surface area contributed by atoms with Crippen molar-refractivity contribution >= 4 is 17.3 Å². The van der Waals surface area contributed by atoms with Crippen molar-refractivity contribution < 1.29 is 9.59 Å². The molecule has 0 fully saturated rings. The number of benzene rings is 2. The largest absolute Gasteiger partial charge is 0.358 e. The number of rotatable bonds is 1. The summed E-state index contributed by atoms with van der Waals surface area (Å²) in [6, 6.07) is 15.9. The SMILES string of the molecule is Cc1cccc(C2C3=C(CCCC3=O)NC3=C2C(=O)c2ccccc23)c1. The van der Waals surface area contributed by atoms with Gasteiger partial charge in [-0.25, -0.2) is 0 Å². The Labute approximate surface area is 152 Å². The van der Waals surface area contributed by atoms with Gasteiger partial charge in [0.1, 0.15) is 0 Å². The Bertz CT molecular complexity index is 1040. The van der Waals surface area contributed by atoms with Gasteiger partial charge in [-0.15, -0.1) is 0 Å². The first-order valence-corrected chi connectivity index (χ1v) is 9.13. The molecule has 2 aromatic carbocycles. The van der Waals surface area contributed by atoms with Gasteiger partial charge in [0.05, 0.1) is 5.70 Å². The quantitative estimate of drug-likeness (QED) is 0.841. The van der Waals surface area contributed by atoms with Crippen LogP contribution in [-0.2, 0) is 4.79 Å². The Kier molecular flexibility index (Phi) is 3.26. The van der Waals surface area contributed by atoms with Crippen molar-refractivity contribution in [1.29, 1.82) is 0 Å². The lowest BCUT2D eigenvalue weighted by atomic mass is 9.74. The van der Waals surface area contributed by atoms with Crippen molar-refractivity contribution in [1.82, 2.24) is 5.32 Å². The normalized spacial score (nSPS) is 21.3. The molecule has 1 N–H and O–H groups in total. The number of nitrogens with one attached hydrogen (secondary N) is 1. The fraction of sp³-hybridized carbons (Fsp3) is 0.217. The maximum atomic E-state index is 13.2. The van der Waals surface area contributed by atoms with Crippen molar-refractivity contribution in [2.75, 3.05) is 0 Å². The minimum absolute atomic E-state index is 0.0412. The predicted octanol–water partition coefficient (Wildman–Crippen LogP) is 4.30. The molecule has 26 heavy (non-hydrogen) atoms. The molecule has 5 rings (SSSR count). The lowest BCUT2D eigenvalue weighted by Gasteiger charge is -2.33. The first-order valence-electron chi connectivity index (χ1n) is 9.13. The van der Waals surface area contributed by atoms with Gasteiger partial charge in [-0.2, -0.15) is 0 Å². The third kappa shape index (κ3) is 2.07. The second kappa shape index (κ2) is 5.53. The molecular formula is C23H19NO2. The van der Waals surface area contributed by atoms with Gasteiger partial charge in [0, 0.05) is 40.3 Å². The second-order valence-corrected chi connectivity index (χ2v) is 7.30. The molecule has 128 valence electrons. The van der Waals surface area contributed by atoms with Crippen LogP contribution in [0.4, 0.5) is 0 Å². The Hall–Kier alpha value is -2.94. The average Bonchev–Trinajstić information content (AvgIpc) is 2.93. The van der Waals surface area contributed by atoms with Gasteiger partial charge in [0.2, 0.25) is 0 Å². The Morgan fingerprint density at radius 1 is 0.923 bits per heavy atom. The molecule has 0 spiro atoms. The van der Waals surface area contributed by atoms with E-state index in [1.807, 2.05) is 49.4 Å². The number of carbonyl (C=O) groups excluding carboxylic acids is 2. The molecule has 1 aliphatic heterocycles. The summed E-state index contributed by atoms with van der Waals surface area (Å²) < 4.78 is 0. The number of fused-ring (bicyclic) bond motifs is 2. The van der Waals surface area contributed by atoms with Crippen LogP contribution in [0.25, 0.3) is 5.70 Å². The highest BCUT2D eigenvalue weighted by Crippen LogP contribution is 2.48. The highest BCUT2D eigenvalue weighted by Gasteiger charge is 2.43. The Morgan fingerprint density at radius 2 is 1.73 bits per heavy atom. The summed E-state index contributed by atoms with van der Waals surface area (Å²) in [6.07, 6.45) is 2.28. The number of dihydropyridines is 1. The molecule has 0 bridgehead atoms. The second-order valence-electron chi connectivity index (χ2n) is 7.30. The fourth-order valence-electron chi connectivity index (χ4n) is 4.52. The predicted molar refractivity (Wildman–Crippen MR) is 101 cm³/mol. The third-order valence-corrected chi connectivity index (χ3v) is 5.64. The number of allylic oxidation sites excluding steroid dienone is 3. The van der Waals surface area contributed by atoms with Crippen LogP contribution in [0.2, 0.25) is 0 Å². The van der Waals surface area contributed by atoms with Gasteiger partial charge >= 0.3 is 0 Å². The number of aryl methyl sites for hydroxylation is 1.